The number of sulfonamides is 1. The Hall–Kier alpha value is -1.89. The van der Waals surface area contributed by atoms with E-state index in [1.165, 1.54) is 4.31 Å². The van der Waals surface area contributed by atoms with Gasteiger partial charge in [0.1, 0.15) is 6.04 Å². The molecule has 7 heteroatoms. The average Bonchev–Trinajstić information content (AvgIpc) is 3.13. The second-order valence-electron chi connectivity index (χ2n) is 6.37. The molecule has 2 aromatic rings. The molecule has 1 heterocycles. The molecular formula is C19H21ClN2O3S. The highest BCUT2D eigenvalue weighted by Gasteiger charge is 2.39. The summed E-state index contributed by atoms with van der Waals surface area (Å²) < 4.78 is 27.1. The molecule has 1 saturated heterocycles. The molecule has 2 aromatic carbocycles. The van der Waals surface area contributed by atoms with Crippen molar-refractivity contribution >= 4 is 27.5 Å². The summed E-state index contributed by atoms with van der Waals surface area (Å²) in [5.74, 6) is -0.283. The fraction of sp³-hybridized carbons (Fsp3) is 0.316. The first-order valence-corrected chi connectivity index (χ1v) is 10.3. The summed E-state index contributed by atoms with van der Waals surface area (Å²) in [7, 11) is -3.69. The van der Waals surface area contributed by atoms with E-state index in [0.717, 1.165) is 5.56 Å². The van der Waals surface area contributed by atoms with E-state index in [2.05, 4.69) is 5.32 Å². The average molecular weight is 393 g/mol. The lowest BCUT2D eigenvalue weighted by Gasteiger charge is -2.25. The van der Waals surface area contributed by atoms with Gasteiger partial charge in [-0.05, 0) is 49.6 Å². The van der Waals surface area contributed by atoms with Crippen molar-refractivity contribution < 1.29 is 13.2 Å². The van der Waals surface area contributed by atoms with Crippen LogP contribution in [0, 0.1) is 0 Å². The number of hydrogen-bond acceptors (Lipinski definition) is 3. The minimum absolute atomic E-state index is 0.211. The normalized spacial score (nSPS) is 19.2. The Balaban J connectivity index is 1.76. The SMILES string of the molecule is CC(NC(=O)C1CCCN1S(=O)(=O)c1ccccc1)c1cccc(Cl)c1. The van der Waals surface area contributed by atoms with Crippen LogP contribution in [-0.2, 0) is 14.8 Å². The molecule has 2 atom stereocenters. The third-order valence-corrected chi connectivity index (χ3v) is 6.72. The van der Waals surface area contributed by atoms with Gasteiger partial charge >= 0.3 is 0 Å². The number of rotatable bonds is 5. The smallest absolute Gasteiger partial charge is 0.243 e. The van der Waals surface area contributed by atoms with Gasteiger partial charge in [-0.15, -0.1) is 0 Å². The summed E-state index contributed by atoms with van der Waals surface area (Å²) >= 11 is 6.00. The number of halogens is 1. The molecule has 0 bridgehead atoms. The summed E-state index contributed by atoms with van der Waals surface area (Å²) in [4.78, 5) is 13.0. The highest BCUT2D eigenvalue weighted by molar-refractivity contribution is 7.89. The zero-order chi connectivity index (χ0) is 18.7. The molecule has 0 saturated carbocycles. The van der Waals surface area contributed by atoms with Crippen LogP contribution in [0.15, 0.2) is 59.5 Å². The molecule has 138 valence electrons. The van der Waals surface area contributed by atoms with Crippen molar-refractivity contribution in [2.24, 2.45) is 0 Å². The van der Waals surface area contributed by atoms with Crippen molar-refractivity contribution in [1.82, 2.24) is 9.62 Å². The van der Waals surface area contributed by atoms with Crippen LogP contribution in [0.3, 0.4) is 0 Å². The van der Waals surface area contributed by atoms with Crippen molar-refractivity contribution in [2.75, 3.05) is 6.54 Å². The van der Waals surface area contributed by atoms with Crippen LogP contribution >= 0.6 is 11.6 Å². The number of nitrogens with zero attached hydrogens (tertiary/aromatic N) is 1. The van der Waals surface area contributed by atoms with Crippen molar-refractivity contribution in [3.8, 4) is 0 Å². The molecule has 26 heavy (non-hydrogen) atoms. The number of nitrogens with one attached hydrogen (secondary N) is 1. The Labute approximate surface area is 159 Å². The maximum absolute atomic E-state index is 12.9. The van der Waals surface area contributed by atoms with Crippen molar-refractivity contribution in [1.29, 1.82) is 0 Å². The highest BCUT2D eigenvalue weighted by atomic mass is 35.5. The standard InChI is InChI=1S/C19H21ClN2O3S/c1-14(15-7-5-8-16(20)13-15)21-19(23)18-11-6-12-22(18)26(24,25)17-9-3-2-4-10-17/h2-5,7-10,13-14,18H,6,11-12H2,1H3,(H,21,23). The van der Waals surface area contributed by atoms with Gasteiger partial charge in [0.15, 0.2) is 0 Å². The second kappa shape index (κ2) is 7.78. The Bertz CT molecular complexity index is 887. The van der Waals surface area contributed by atoms with E-state index in [9.17, 15) is 13.2 Å². The van der Waals surface area contributed by atoms with Gasteiger partial charge in [0.25, 0.3) is 0 Å². The Kier molecular flexibility index (Phi) is 5.65. The van der Waals surface area contributed by atoms with E-state index in [1.54, 1.807) is 42.5 Å². The van der Waals surface area contributed by atoms with Gasteiger partial charge in [0.2, 0.25) is 15.9 Å². The highest BCUT2D eigenvalue weighted by Crippen LogP contribution is 2.27. The van der Waals surface area contributed by atoms with E-state index in [4.69, 9.17) is 11.6 Å². The Morgan fingerprint density at radius 3 is 2.62 bits per heavy atom. The molecule has 0 aromatic heterocycles. The quantitative estimate of drug-likeness (QED) is 0.848. The molecule has 1 fully saturated rings. The van der Waals surface area contributed by atoms with Crippen LogP contribution in [0.1, 0.15) is 31.4 Å². The Morgan fingerprint density at radius 1 is 1.19 bits per heavy atom. The van der Waals surface area contributed by atoms with Gasteiger partial charge in [-0.2, -0.15) is 4.31 Å². The molecule has 0 aliphatic carbocycles. The fourth-order valence-electron chi connectivity index (χ4n) is 3.19. The van der Waals surface area contributed by atoms with E-state index in [0.29, 0.717) is 24.4 Å². The van der Waals surface area contributed by atoms with Crippen LogP contribution in [-0.4, -0.2) is 31.2 Å². The number of carbonyl (C=O) groups excluding carboxylic acids is 1. The van der Waals surface area contributed by atoms with Crippen LogP contribution in [0.2, 0.25) is 5.02 Å². The molecular weight excluding hydrogens is 372 g/mol. The predicted octanol–water partition coefficient (Wildman–Crippen LogP) is 3.37. The minimum atomic E-state index is -3.69. The monoisotopic (exact) mass is 392 g/mol. The molecule has 3 rings (SSSR count). The van der Waals surface area contributed by atoms with Crippen LogP contribution in [0.25, 0.3) is 0 Å². The topological polar surface area (TPSA) is 66.5 Å². The van der Waals surface area contributed by atoms with E-state index in [-0.39, 0.29) is 16.8 Å². The van der Waals surface area contributed by atoms with Crippen molar-refractivity contribution in [3.63, 3.8) is 0 Å². The lowest BCUT2D eigenvalue weighted by atomic mass is 10.1. The fourth-order valence-corrected chi connectivity index (χ4v) is 5.06. The lowest BCUT2D eigenvalue weighted by Crippen LogP contribution is -2.46. The zero-order valence-electron chi connectivity index (χ0n) is 14.4. The van der Waals surface area contributed by atoms with Gasteiger partial charge in [0, 0.05) is 11.6 Å². The van der Waals surface area contributed by atoms with Crippen molar-refractivity contribution in [2.45, 2.75) is 36.7 Å². The number of amides is 1. The Morgan fingerprint density at radius 2 is 1.92 bits per heavy atom. The molecule has 1 amide bonds. The van der Waals surface area contributed by atoms with Gasteiger partial charge in [-0.1, -0.05) is 41.9 Å². The van der Waals surface area contributed by atoms with Crippen LogP contribution in [0.4, 0.5) is 0 Å². The third kappa shape index (κ3) is 3.92. The lowest BCUT2D eigenvalue weighted by molar-refractivity contribution is -0.124. The summed E-state index contributed by atoms with van der Waals surface area (Å²) in [6.07, 6.45) is 1.18. The molecule has 1 aliphatic heterocycles. The third-order valence-electron chi connectivity index (χ3n) is 4.56. The van der Waals surface area contributed by atoms with Gasteiger partial charge < -0.3 is 5.32 Å². The zero-order valence-corrected chi connectivity index (χ0v) is 16.0. The van der Waals surface area contributed by atoms with E-state index in [1.807, 2.05) is 19.1 Å². The first kappa shape index (κ1) is 18.9. The maximum Gasteiger partial charge on any atom is 0.243 e. The van der Waals surface area contributed by atoms with Gasteiger partial charge in [-0.25, -0.2) is 8.42 Å². The van der Waals surface area contributed by atoms with Gasteiger partial charge in [-0.3, -0.25) is 4.79 Å². The van der Waals surface area contributed by atoms with E-state index < -0.39 is 16.1 Å². The minimum Gasteiger partial charge on any atom is -0.348 e. The second-order valence-corrected chi connectivity index (χ2v) is 8.70. The molecule has 1 aliphatic rings. The van der Waals surface area contributed by atoms with Gasteiger partial charge in [0.05, 0.1) is 10.9 Å². The predicted molar refractivity (Wildman–Crippen MR) is 101 cm³/mol. The molecule has 2 unspecified atom stereocenters. The van der Waals surface area contributed by atoms with Crippen LogP contribution in [0.5, 0.6) is 0 Å². The summed E-state index contributed by atoms with van der Waals surface area (Å²) in [5.41, 5.74) is 0.876. The largest absolute Gasteiger partial charge is 0.348 e. The summed E-state index contributed by atoms with van der Waals surface area (Å²) in [6.45, 7) is 2.20. The number of hydrogen-bond donors (Lipinski definition) is 1. The number of carbonyl (C=O) groups is 1. The number of benzene rings is 2. The summed E-state index contributed by atoms with van der Waals surface area (Å²) in [6, 6.07) is 14.5. The van der Waals surface area contributed by atoms with Crippen molar-refractivity contribution in [3.05, 3.63) is 65.2 Å². The first-order chi connectivity index (χ1) is 12.4. The molecule has 5 nitrogen and oxygen atoms in total. The maximum atomic E-state index is 12.9. The van der Waals surface area contributed by atoms with E-state index >= 15 is 0 Å². The van der Waals surface area contributed by atoms with Crippen LogP contribution < -0.4 is 5.32 Å². The summed E-state index contributed by atoms with van der Waals surface area (Å²) in [5, 5.41) is 3.51. The first-order valence-electron chi connectivity index (χ1n) is 8.52. The molecule has 0 radical (unpaired) electrons. The molecule has 1 N–H and O–H groups in total. The molecule has 0 spiro atoms.